The molecular formula is C16H14O4. The molecule has 2 aromatic carbocycles. The molecule has 2 aromatic rings. The van der Waals surface area contributed by atoms with E-state index >= 15 is 0 Å². The van der Waals surface area contributed by atoms with Gasteiger partial charge in [0, 0.05) is 5.56 Å². The van der Waals surface area contributed by atoms with Crippen molar-refractivity contribution in [3.8, 4) is 16.9 Å². The van der Waals surface area contributed by atoms with Gasteiger partial charge in [0.15, 0.2) is 5.78 Å². The van der Waals surface area contributed by atoms with Crippen molar-refractivity contribution in [1.82, 2.24) is 0 Å². The summed E-state index contributed by atoms with van der Waals surface area (Å²) in [6.45, 7) is 1.45. The van der Waals surface area contributed by atoms with E-state index in [9.17, 15) is 14.7 Å². The number of carboxylic acid groups (broad SMARTS) is 1. The van der Waals surface area contributed by atoms with Crippen molar-refractivity contribution in [2.24, 2.45) is 0 Å². The highest BCUT2D eigenvalue weighted by molar-refractivity contribution is 6.01. The molecule has 0 aliphatic carbocycles. The Morgan fingerprint density at radius 3 is 2.25 bits per heavy atom. The van der Waals surface area contributed by atoms with Gasteiger partial charge in [-0.05, 0) is 41.8 Å². The number of carbonyl (C=O) groups is 2. The molecule has 0 spiro atoms. The average Bonchev–Trinajstić information content (AvgIpc) is 2.39. The summed E-state index contributed by atoms with van der Waals surface area (Å²) in [5.74, 6) is -0.905. The number of Topliss-reactive ketones (excluding diaryl/α,β-unsaturated/α-hetero) is 1. The van der Waals surface area contributed by atoms with Gasteiger partial charge in [-0.2, -0.15) is 0 Å². The lowest BCUT2D eigenvalue weighted by atomic mass is 9.94. The lowest BCUT2D eigenvalue weighted by Crippen LogP contribution is -2.03. The SMILES string of the molecule is CC(=O)c1cc(CC(=O)O)ccc1-c1ccc(O)cc1. The van der Waals surface area contributed by atoms with E-state index in [-0.39, 0.29) is 18.0 Å². The van der Waals surface area contributed by atoms with Gasteiger partial charge in [-0.1, -0.05) is 24.3 Å². The zero-order valence-electron chi connectivity index (χ0n) is 11.0. The minimum Gasteiger partial charge on any atom is -0.508 e. The molecule has 0 atom stereocenters. The fourth-order valence-electron chi connectivity index (χ4n) is 2.06. The Morgan fingerprint density at radius 1 is 1.05 bits per heavy atom. The minimum atomic E-state index is -0.933. The summed E-state index contributed by atoms with van der Waals surface area (Å²) in [6.07, 6.45) is -0.115. The van der Waals surface area contributed by atoms with Crippen molar-refractivity contribution in [3.63, 3.8) is 0 Å². The largest absolute Gasteiger partial charge is 0.508 e. The number of phenols is 1. The van der Waals surface area contributed by atoms with E-state index in [4.69, 9.17) is 5.11 Å². The first-order valence-corrected chi connectivity index (χ1v) is 6.12. The topological polar surface area (TPSA) is 74.6 Å². The summed E-state index contributed by atoms with van der Waals surface area (Å²) < 4.78 is 0. The Hall–Kier alpha value is -2.62. The van der Waals surface area contributed by atoms with Gasteiger partial charge in [-0.15, -0.1) is 0 Å². The molecule has 2 N–H and O–H groups in total. The van der Waals surface area contributed by atoms with Gasteiger partial charge in [0.1, 0.15) is 5.75 Å². The van der Waals surface area contributed by atoms with Gasteiger partial charge in [-0.3, -0.25) is 9.59 Å². The number of phenolic OH excluding ortho intramolecular Hbond substituents is 1. The molecule has 102 valence electrons. The Morgan fingerprint density at radius 2 is 1.70 bits per heavy atom. The molecule has 0 aromatic heterocycles. The lowest BCUT2D eigenvalue weighted by molar-refractivity contribution is -0.136. The zero-order valence-corrected chi connectivity index (χ0v) is 11.0. The number of carbonyl (C=O) groups excluding carboxylic acids is 1. The van der Waals surface area contributed by atoms with E-state index in [1.807, 2.05) is 0 Å². The van der Waals surface area contributed by atoms with Crippen molar-refractivity contribution in [1.29, 1.82) is 0 Å². The summed E-state index contributed by atoms with van der Waals surface area (Å²) in [4.78, 5) is 22.5. The minimum absolute atomic E-state index is 0.115. The van der Waals surface area contributed by atoms with E-state index < -0.39 is 5.97 Å². The molecule has 0 fully saturated rings. The second kappa shape index (κ2) is 5.57. The lowest BCUT2D eigenvalue weighted by Gasteiger charge is -2.09. The highest BCUT2D eigenvalue weighted by atomic mass is 16.4. The molecule has 0 aliphatic rings. The second-order valence-electron chi connectivity index (χ2n) is 4.55. The standard InChI is InChI=1S/C16H14O4/c1-10(17)15-8-11(9-16(19)20)2-7-14(15)12-3-5-13(18)6-4-12/h2-8,18H,9H2,1H3,(H,19,20). The van der Waals surface area contributed by atoms with Crippen molar-refractivity contribution in [3.05, 3.63) is 53.6 Å². The molecule has 0 unspecified atom stereocenters. The summed E-state index contributed by atoms with van der Waals surface area (Å²) in [5.41, 5.74) is 2.60. The molecule has 0 heterocycles. The van der Waals surface area contributed by atoms with Crippen LogP contribution in [-0.2, 0) is 11.2 Å². The third kappa shape index (κ3) is 3.03. The van der Waals surface area contributed by atoms with Crippen LogP contribution in [0.2, 0.25) is 0 Å². The van der Waals surface area contributed by atoms with E-state index in [0.717, 1.165) is 11.1 Å². The molecule has 0 aliphatic heterocycles. The van der Waals surface area contributed by atoms with Crippen LogP contribution in [0.25, 0.3) is 11.1 Å². The summed E-state index contributed by atoms with van der Waals surface area (Å²) in [6, 6.07) is 11.6. The molecule has 0 saturated heterocycles. The number of hydrogen-bond donors (Lipinski definition) is 2. The van der Waals surface area contributed by atoms with Crippen LogP contribution in [0, 0.1) is 0 Å². The molecule has 20 heavy (non-hydrogen) atoms. The van der Waals surface area contributed by atoms with Gasteiger partial charge in [0.2, 0.25) is 0 Å². The first kappa shape index (κ1) is 13.8. The van der Waals surface area contributed by atoms with Crippen molar-refractivity contribution >= 4 is 11.8 Å². The van der Waals surface area contributed by atoms with Crippen LogP contribution in [0.5, 0.6) is 5.75 Å². The van der Waals surface area contributed by atoms with Gasteiger partial charge in [0.05, 0.1) is 6.42 Å². The Balaban J connectivity index is 2.50. The molecule has 0 bridgehead atoms. The number of rotatable bonds is 4. The molecule has 4 nitrogen and oxygen atoms in total. The predicted octanol–water partition coefficient (Wildman–Crippen LogP) is 2.89. The smallest absolute Gasteiger partial charge is 0.307 e. The Labute approximate surface area is 116 Å². The third-order valence-corrected chi connectivity index (χ3v) is 3.00. The normalized spacial score (nSPS) is 10.2. The van der Waals surface area contributed by atoms with Crippen LogP contribution in [0.15, 0.2) is 42.5 Å². The van der Waals surface area contributed by atoms with Crippen LogP contribution in [0.4, 0.5) is 0 Å². The van der Waals surface area contributed by atoms with Crippen molar-refractivity contribution < 1.29 is 19.8 Å². The predicted molar refractivity (Wildman–Crippen MR) is 74.9 cm³/mol. The van der Waals surface area contributed by atoms with Crippen molar-refractivity contribution in [2.75, 3.05) is 0 Å². The number of hydrogen-bond acceptors (Lipinski definition) is 3. The quantitative estimate of drug-likeness (QED) is 0.838. The highest BCUT2D eigenvalue weighted by Crippen LogP contribution is 2.27. The van der Waals surface area contributed by atoms with Crippen LogP contribution < -0.4 is 0 Å². The van der Waals surface area contributed by atoms with E-state index in [1.165, 1.54) is 6.92 Å². The van der Waals surface area contributed by atoms with Crippen molar-refractivity contribution in [2.45, 2.75) is 13.3 Å². The Bertz CT molecular complexity index is 657. The number of ketones is 1. The van der Waals surface area contributed by atoms with E-state index in [0.29, 0.717) is 11.1 Å². The monoisotopic (exact) mass is 270 g/mol. The van der Waals surface area contributed by atoms with Gasteiger partial charge in [0.25, 0.3) is 0 Å². The van der Waals surface area contributed by atoms with Crippen LogP contribution in [-0.4, -0.2) is 22.0 Å². The fraction of sp³-hybridized carbons (Fsp3) is 0.125. The number of aliphatic carboxylic acids is 1. The molecule has 4 heteroatoms. The molecule has 0 amide bonds. The highest BCUT2D eigenvalue weighted by Gasteiger charge is 2.11. The first-order chi connectivity index (χ1) is 9.47. The fourth-order valence-corrected chi connectivity index (χ4v) is 2.06. The van der Waals surface area contributed by atoms with Crippen LogP contribution in [0.3, 0.4) is 0 Å². The Kier molecular flexibility index (Phi) is 3.84. The third-order valence-electron chi connectivity index (χ3n) is 3.00. The average molecular weight is 270 g/mol. The first-order valence-electron chi connectivity index (χ1n) is 6.12. The summed E-state index contributed by atoms with van der Waals surface area (Å²) in [5, 5.41) is 18.1. The maximum absolute atomic E-state index is 11.7. The maximum Gasteiger partial charge on any atom is 0.307 e. The van der Waals surface area contributed by atoms with Gasteiger partial charge >= 0.3 is 5.97 Å². The summed E-state index contributed by atoms with van der Waals surface area (Å²) >= 11 is 0. The number of carboxylic acids is 1. The van der Waals surface area contributed by atoms with Crippen LogP contribution >= 0.6 is 0 Å². The molecule has 0 saturated carbocycles. The summed E-state index contributed by atoms with van der Waals surface area (Å²) in [7, 11) is 0. The van der Waals surface area contributed by atoms with Crippen LogP contribution in [0.1, 0.15) is 22.8 Å². The number of aromatic hydroxyl groups is 1. The zero-order chi connectivity index (χ0) is 14.7. The molecule has 0 radical (unpaired) electrons. The maximum atomic E-state index is 11.7. The van der Waals surface area contributed by atoms with E-state index in [2.05, 4.69) is 0 Å². The van der Waals surface area contributed by atoms with E-state index in [1.54, 1.807) is 42.5 Å². The van der Waals surface area contributed by atoms with Gasteiger partial charge in [-0.25, -0.2) is 0 Å². The number of benzene rings is 2. The molecular weight excluding hydrogens is 256 g/mol. The molecule has 2 rings (SSSR count). The van der Waals surface area contributed by atoms with Gasteiger partial charge < -0.3 is 10.2 Å². The second-order valence-corrected chi connectivity index (χ2v) is 4.55.